The number of rotatable bonds is 5. The maximum atomic E-state index is 13.4. The second-order valence-electron chi connectivity index (χ2n) is 5.01. The van der Waals surface area contributed by atoms with Gasteiger partial charge in [0.15, 0.2) is 0 Å². The van der Waals surface area contributed by atoms with Gasteiger partial charge in [-0.2, -0.15) is 0 Å². The molecular weight excluding hydrogens is 303 g/mol. The van der Waals surface area contributed by atoms with Crippen molar-refractivity contribution in [1.29, 1.82) is 0 Å². The third-order valence-electron chi connectivity index (χ3n) is 3.13. The Bertz CT molecular complexity index is 719. The second kappa shape index (κ2) is 6.87. The number of carbonyl (C=O) groups excluding carboxylic acids is 1. The van der Waals surface area contributed by atoms with Crippen LogP contribution in [0.5, 0.6) is 5.75 Å². The van der Waals surface area contributed by atoms with Crippen LogP contribution in [0.2, 0.25) is 0 Å². The summed E-state index contributed by atoms with van der Waals surface area (Å²) in [4.78, 5) is 24.0. The summed E-state index contributed by atoms with van der Waals surface area (Å²) < 4.78 is 18.9. The first-order chi connectivity index (χ1) is 10.9. The molecular formula is C16H15FN2O4. The highest BCUT2D eigenvalue weighted by Gasteiger charge is 2.27. The normalized spacial score (nSPS) is 11.6. The van der Waals surface area contributed by atoms with Crippen LogP contribution < -0.4 is 4.74 Å². The molecule has 0 unspecified atom stereocenters. The van der Waals surface area contributed by atoms with Crippen molar-refractivity contribution in [3.63, 3.8) is 0 Å². The summed E-state index contributed by atoms with van der Waals surface area (Å²) in [5.41, 5.74) is 0.114. The van der Waals surface area contributed by atoms with E-state index in [1.807, 2.05) is 0 Å². The van der Waals surface area contributed by atoms with Crippen LogP contribution in [0.1, 0.15) is 11.7 Å². The predicted octanol–water partition coefficient (Wildman–Crippen LogP) is 2.94. The van der Waals surface area contributed by atoms with E-state index in [0.717, 1.165) is 18.2 Å². The summed E-state index contributed by atoms with van der Waals surface area (Å²) in [7, 11) is 3.09. The molecule has 0 aliphatic rings. The van der Waals surface area contributed by atoms with Crippen molar-refractivity contribution in [2.75, 3.05) is 14.1 Å². The lowest BCUT2D eigenvalue weighted by Crippen LogP contribution is -2.31. The Morgan fingerprint density at radius 1 is 1.22 bits per heavy atom. The SMILES string of the molecule is CN(C)C(=O)[C@@H](Oc1cc(F)ccc1[N+](=O)[O-])c1ccccc1. The van der Waals surface area contributed by atoms with Crippen LogP contribution in [0.4, 0.5) is 10.1 Å². The highest BCUT2D eigenvalue weighted by Crippen LogP contribution is 2.32. The molecule has 7 heteroatoms. The zero-order valence-corrected chi connectivity index (χ0v) is 12.6. The molecule has 0 saturated heterocycles. The Balaban J connectivity index is 2.45. The van der Waals surface area contributed by atoms with Gasteiger partial charge in [-0.1, -0.05) is 30.3 Å². The van der Waals surface area contributed by atoms with Gasteiger partial charge in [0.1, 0.15) is 5.82 Å². The smallest absolute Gasteiger partial charge is 0.311 e. The van der Waals surface area contributed by atoms with E-state index in [1.165, 1.54) is 4.90 Å². The topological polar surface area (TPSA) is 72.7 Å². The maximum Gasteiger partial charge on any atom is 0.311 e. The van der Waals surface area contributed by atoms with E-state index in [1.54, 1.807) is 44.4 Å². The van der Waals surface area contributed by atoms with Crippen LogP contribution in [0, 0.1) is 15.9 Å². The summed E-state index contributed by atoms with van der Waals surface area (Å²) in [6.07, 6.45) is -1.10. The first kappa shape index (κ1) is 16.4. The molecule has 0 fully saturated rings. The molecule has 6 nitrogen and oxygen atoms in total. The van der Waals surface area contributed by atoms with Crippen molar-refractivity contribution in [1.82, 2.24) is 4.90 Å². The Kier molecular flexibility index (Phi) is 4.90. The number of amides is 1. The van der Waals surface area contributed by atoms with Crippen LogP contribution in [0.3, 0.4) is 0 Å². The molecule has 0 aromatic heterocycles. The third-order valence-corrected chi connectivity index (χ3v) is 3.13. The molecule has 0 radical (unpaired) electrons. The average Bonchev–Trinajstić information content (AvgIpc) is 2.52. The first-order valence-electron chi connectivity index (χ1n) is 6.77. The van der Waals surface area contributed by atoms with Crippen LogP contribution in [0.25, 0.3) is 0 Å². The number of nitro benzene ring substituents is 1. The van der Waals surface area contributed by atoms with Crippen molar-refractivity contribution in [2.24, 2.45) is 0 Å². The number of likely N-dealkylation sites (N-methyl/N-ethyl adjacent to an activating group) is 1. The van der Waals surface area contributed by atoms with E-state index in [9.17, 15) is 19.3 Å². The fourth-order valence-electron chi connectivity index (χ4n) is 1.98. The Labute approximate surface area is 132 Å². The standard InChI is InChI=1S/C16H15FN2O4/c1-18(2)16(20)15(11-6-4-3-5-7-11)23-14-10-12(17)8-9-13(14)19(21)22/h3-10,15H,1-2H3/t15-/m0/s1. The van der Waals surface area contributed by atoms with Crippen molar-refractivity contribution >= 4 is 11.6 Å². The first-order valence-corrected chi connectivity index (χ1v) is 6.77. The molecule has 2 rings (SSSR count). The van der Waals surface area contributed by atoms with Crippen LogP contribution in [0.15, 0.2) is 48.5 Å². The second-order valence-corrected chi connectivity index (χ2v) is 5.01. The van der Waals surface area contributed by atoms with Crippen LogP contribution in [-0.4, -0.2) is 29.8 Å². The van der Waals surface area contributed by atoms with Gasteiger partial charge in [0.05, 0.1) is 4.92 Å². The van der Waals surface area contributed by atoms with E-state index in [2.05, 4.69) is 0 Å². The number of hydrogen-bond donors (Lipinski definition) is 0. The number of hydrogen-bond acceptors (Lipinski definition) is 4. The van der Waals surface area contributed by atoms with Crippen molar-refractivity contribution in [3.05, 3.63) is 70.0 Å². The van der Waals surface area contributed by atoms with Gasteiger partial charge in [-0.15, -0.1) is 0 Å². The van der Waals surface area contributed by atoms with Gasteiger partial charge >= 0.3 is 5.69 Å². The van der Waals surface area contributed by atoms with Gasteiger partial charge < -0.3 is 9.64 Å². The van der Waals surface area contributed by atoms with E-state index in [-0.39, 0.29) is 5.75 Å². The molecule has 120 valence electrons. The largest absolute Gasteiger partial charge is 0.468 e. The molecule has 0 aliphatic heterocycles. The minimum absolute atomic E-state index is 0.293. The van der Waals surface area contributed by atoms with Crippen LogP contribution in [-0.2, 0) is 4.79 Å². The van der Waals surface area contributed by atoms with Crippen LogP contribution >= 0.6 is 0 Å². The number of halogens is 1. The Morgan fingerprint density at radius 3 is 2.43 bits per heavy atom. The Hall–Kier alpha value is -2.96. The summed E-state index contributed by atoms with van der Waals surface area (Å²) in [5.74, 6) is -1.39. The molecule has 1 atom stereocenters. The minimum atomic E-state index is -1.10. The third kappa shape index (κ3) is 3.82. The molecule has 0 aliphatic carbocycles. The fraction of sp³-hybridized carbons (Fsp3) is 0.188. The summed E-state index contributed by atoms with van der Waals surface area (Å²) in [6.45, 7) is 0. The minimum Gasteiger partial charge on any atom is -0.468 e. The summed E-state index contributed by atoms with van der Waals surface area (Å²) in [6, 6.07) is 11.4. The summed E-state index contributed by atoms with van der Waals surface area (Å²) >= 11 is 0. The fourth-order valence-corrected chi connectivity index (χ4v) is 1.98. The lowest BCUT2D eigenvalue weighted by atomic mass is 10.1. The van der Waals surface area contributed by atoms with Crippen molar-refractivity contribution in [2.45, 2.75) is 6.10 Å². The average molecular weight is 318 g/mol. The predicted molar refractivity (Wildman–Crippen MR) is 81.6 cm³/mol. The van der Waals surface area contributed by atoms with E-state index < -0.39 is 28.4 Å². The summed E-state index contributed by atoms with van der Waals surface area (Å²) in [5, 5.41) is 11.1. The van der Waals surface area contributed by atoms with Gasteiger partial charge in [-0.25, -0.2) is 4.39 Å². The molecule has 0 bridgehead atoms. The van der Waals surface area contributed by atoms with Gasteiger partial charge in [0.25, 0.3) is 5.91 Å². The molecule has 0 heterocycles. The van der Waals surface area contributed by atoms with Gasteiger partial charge in [0, 0.05) is 31.8 Å². The maximum absolute atomic E-state index is 13.4. The quantitative estimate of drug-likeness (QED) is 0.627. The lowest BCUT2D eigenvalue weighted by molar-refractivity contribution is -0.386. The van der Waals surface area contributed by atoms with Gasteiger partial charge in [0.2, 0.25) is 11.9 Å². The molecule has 0 saturated carbocycles. The highest BCUT2D eigenvalue weighted by atomic mass is 19.1. The van der Waals surface area contributed by atoms with Crippen molar-refractivity contribution < 1.29 is 18.8 Å². The number of nitrogens with zero attached hydrogens (tertiary/aromatic N) is 2. The Morgan fingerprint density at radius 2 is 1.87 bits per heavy atom. The van der Waals surface area contributed by atoms with E-state index >= 15 is 0 Å². The van der Waals surface area contributed by atoms with E-state index in [4.69, 9.17) is 4.74 Å². The lowest BCUT2D eigenvalue weighted by Gasteiger charge is -2.22. The monoisotopic (exact) mass is 318 g/mol. The number of ether oxygens (including phenoxy) is 1. The number of benzene rings is 2. The van der Waals surface area contributed by atoms with E-state index in [0.29, 0.717) is 5.56 Å². The molecule has 2 aromatic rings. The molecule has 23 heavy (non-hydrogen) atoms. The molecule has 0 spiro atoms. The number of carbonyl (C=O) groups is 1. The molecule has 0 N–H and O–H groups in total. The van der Waals surface area contributed by atoms with Crippen molar-refractivity contribution in [3.8, 4) is 5.75 Å². The highest BCUT2D eigenvalue weighted by molar-refractivity contribution is 5.82. The molecule has 1 amide bonds. The van der Waals surface area contributed by atoms with Gasteiger partial charge in [-0.05, 0) is 6.07 Å². The zero-order valence-electron chi connectivity index (χ0n) is 12.6. The molecule has 2 aromatic carbocycles. The zero-order chi connectivity index (χ0) is 17.0. The number of nitro groups is 1. The van der Waals surface area contributed by atoms with Gasteiger partial charge in [-0.3, -0.25) is 14.9 Å².